The second-order valence-corrected chi connectivity index (χ2v) is 14.1. The number of hydrogen-bond donors (Lipinski definition) is 0. The summed E-state index contributed by atoms with van der Waals surface area (Å²) in [5, 5.41) is 0.839. The third kappa shape index (κ3) is 5.55. The molecule has 6 rings (SSSR count). The van der Waals surface area contributed by atoms with E-state index in [1.165, 1.54) is 22.3 Å². The molecular formula is C36H36O2S. The smallest absolute Gasteiger partial charge is 0.119 e. The van der Waals surface area contributed by atoms with E-state index in [1.54, 1.807) is 0 Å². The van der Waals surface area contributed by atoms with E-state index in [2.05, 4.69) is 72.8 Å². The number of benzene rings is 4. The van der Waals surface area contributed by atoms with Crippen LogP contribution >= 0.6 is 10.0 Å². The molecule has 0 radical (unpaired) electrons. The minimum atomic E-state index is -1.22. The highest BCUT2D eigenvalue weighted by Gasteiger charge is 2.42. The fourth-order valence-electron chi connectivity index (χ4n) is 6.09. The van der Waals surface area contributed by atoms with Crippen LogP contribution in [0.3, 0.4) is 0 Å². The van der Waals surface area contributed by atoms with Crippen LogP contribution in [0.5, 0.6) is 11.5 Å². The topological polar surface area (TPSA) is 18.5 Å². The summed E-state index contributed by atoms with van der Waals surface area (Å²) in [6, 6.07) is 38.4. The van der Waals surface area contributed by atoms with Gasteiger partial charge in [-0.1, -0.05) is 109 Å². The average Bonchev–Trinajstić information content (AvgIpc) is 3.63. The molecule has 0 aliphatic heterocycles. The van der Waals surface area contributed by atoms with E-state index in [1.807, 2.05) is 60.7 Å². The van der Waals surface area contributed by atoms with Gasteiger partial charge in [0.15, 0.2) is 0 Å². The zero-order valence-corrected chi connectivity index (χ0v) is 23.1. The van der Waals surface area contributed by atoms with Gasteiger partial charge in [-0.25, -0.2) is 10.0 Å². The molecule has 0 spiro atoms. The highest BCUT2D eigenvalue weighted by atomic mass is 32.3. The largest absolute Gasteiger partial charge is 0.494 e. The third-order valence-electron chi connectivity index (χ3n) is 7.88. The lowest BCUT2D eigenvalue weighted by molar-refractivity contribution is 0.316. The van der Waals surface area contributed by atoms with Crippen LogP contribution < -0.4 is 9.47 Å². The molecule has 0 amide bonds. The van der Waals surface area contributed by atoms with Crippen molar-refractivity contribution in [1.82, 2.24) is 0 Å². The SMILES string of the molecule is C1=CC(S(CCCOc2ccccc2)(CCCOc2ccccc2)C2C=Cc3ccccc32)c2ccccc21. The summed E-state index contributed by atoms with van der Waals surface area (Å²) in [6.45, 7) is 1.46. The van der Waals surface area contributed by atoms with Gasteiger partial charge in [-0.2, -0.15) is 0 Å². The van der Waals surface area contributed by atoms with Crippen LogP contribution in [0.4, 0.5) is 0 Å². The highest BCUT2D eigenvalue weighted by Crippen LogP contribution is 2.73. The van der Waals surface area contributed by atoms with Crippen molar-refractivity contribution >= 4 is 22.2 Å². The molecule has 2 nitrogen and oxygen atoms in total. The third-order valence-corrected chi connectivity index (χ3v) is 12.8. The molecule has 2 aliphatic rings. The van der Waals surface area contributed by atoms with Gasteiger partial charge in [0.1, 0.15) is 11.5 Å². The van der Waals surface area contributed by atoms with Crippen LogP contribution in [0.1, 0.15) is 45.6 Å². The molecule has 0 heterocycles. The van der Waals surface area contributed by atoms with Crippen molar-refractivity contribution in [1.29, 1.82) is 0 Å². The molecule has 2 aliphatic carbocycles. The average molecular weight is 533 g/mol. The molecule has 2 unspecified atom stereocenters. The number of rotatable bonds is 12. The van der Waals surface area contributed by atoms with Gasteiger partial charge in [0.2, 0.25) is 0 Å². The van der Waals surface area contributed by atoms with E-state index in [0.29, 0.717) is 10.5 Å². The Labute approximate surface area is 234 Å². The second kappa shape index (κ2) is 12.0. The first kappa shape index (κ1) is 25.6. The van der Waals surface area contributed by atoms with Crippen molar-refractivity contribution in [2.24, 2.45) is 0 Å². The van der Waals surface area contributed by atoms with E-state index < -0.39 is 10.0 Å². The Hall–Kier alpha value is -3.69. The van der Waals surface area contributed by atoms with Crippen LogP contribution in [0.25, 0.3) is 12.2 Å². The number of para-hydroxylation sites is 2. The first-order chi connectivity index (χ1) is 19.3. The van der Waals surface area contributed by atoms with Crippen molar-refractivity contribution in [3.05, 3.63) is 144 Å². The first-order valence-electron chi connectivity index (χ1n) is 14.0. The van der Waals surface area contributed by atoms with Gasteiger partial charge in [0.25, 0.3) is 0 Å². The summed E-state index contributed by atoms with van der Waals surface area (Å²) < 4.78 is 12.4. The van der Waals surface area contributed by atoms with E-state index in [4.69, 9.17) is 9.47 Å². The predicted octanol–water partition coefficient (Wildman–Crippen LogP) is 9.27. The minimum Gasteiger partial charge on any atom is -0.494 e. The fourth-order valence-corrected chi connectivity index (χ4v) is 11.2. The zero-order valence-electron chi connectivity index (χ0n) is 22.3. The summed E-state index contributed by atoms with van der Waals surface area (Å²) in [6.07, 6.45) is 11.8. The van der Waals surface area contributed by atoms with Gasteiger partial charge in [-0.3, -0.25) is 0 Å². The first-order valence-corrected chi connectivity index (χ1v) is 16.1. The van der Waals surface area contributed by atoms with Crippen molar-refractivity contribution < 1.29 is 9.47 Å². The van der Waals surface area contributed by atoms with Crippen LogP contribution in [0.2, 0.25) is 0 Å². The monoisotopic (exact) mass is 532 g/mol. The normalized spacial score (nSPS) is 17.5. The molecule has 4 aromatic rings. The predicted molar refractivity (Wildman–Crippen MR) is 167 cm³/mol. The Balaban J connectivity index is 1.30. The number of fused-ring (bicyclic) bond motifs is 2. The lowest BCUT2D eigenvalue weighted by Crippen LogP contribution is -2.24. The molecule has 4 aromatic carbocycles. The van der Waals surface area contributed by atoms with Gasteiger partial charge >= 0.3 is 0 Å². The Morgan fingerprint density at radius 3 is 1.36 bits per heavy atom. The Bertz CT molecular complexity index is 1320. The maximum atomic E-state index is 6.20. The van der Waals surface area contributed by atoms with Crippen LogP contribution in [0, 0.1) is 0 Å². The number of ether oxygens (including phenoxy) is 2. The molecule has 3 heteroatoms. The summed E-state index contributed by atoms with van der Waals surface area (Å²) in [5.74, 6) is 4.20. The van der Waals surface area contributed by atoms with Crippen LogP contribution in [-0.2, 0) is 0 Å². The molecule has 2 atom stereocenters. The molecule has 0 saturated heterocycles. The molecule has 0 fully saturated rings. The molecule has 39 heavy (non-hydrogen) atoms. The molecule has 0 bridgehead atoms. The van der Waals surface area contributed by atoms with E-state index >= 15 is 0 Å². The standard InChI is InChI=1S/C36H36O2S/c1-3-15-31(16-4-1)37-25-11-27-39(28-12-26-38-32-17-5-2-6-18-32,35-23-21-29-13-7-9-19-33(29)35)36-24-22-30-14-8-10-20-34(30)36/h1-10,13-24,35-36H,11-12,25-28H2. The van der Waals surface area contributed by atoms with Crippen molar-refractivity contribution in [3.63, 3.8) is 0 Å². The van der Waals surface area contributed by atoms with E-state index in [0.717, 1.165) is 49.1 Å². The van der Waals surface area contributed by atoms with Crippen molar-refractivity contribution in [3.8, 4) is 11.5 Å². The summed E-state index contributed by atoms with van der Waals surface area (Å²) in [7, 11) is -1.22. The maximum Gasteiger partial charge on any atom is 0.119 e. The molecule has 198 valence electrons. The van der Waals surface area contributed by atoms with E-state index in [-0.39, 0.29) is 0 Å². The maximum absolute atomic E-state index is 6.20. The van der Waals surface area contributed by atoms with Gasteiger partial charge in [0, 0.05) is 10.5 Å². The lowest BCUT2D eigenvalue weighted by Gasteiger charge is -2.50. The minimum absolute atomic E-state index is 0.419. The Kier molecular flexibility index (Phi) is 7.87. The molecule has 0 saturated carbocycles. The highest BCUT2D eigenvalue weighted by molar-refractivity contribution is 8.34. The summed E-state index contributed by atoms with van der Waals surface area (Å²) in [4.78, 5) is 0. The molecule has 0 N–H and O–H groups in total. The van der Waals surface area contributed by atoms with Crippen LogP contribution in [0.15, 0.2) is 121 Å². The quantitative estimate of drug-likeness (QED) is 0.169. The summed E-state index contributed by atoms with van der Waals surface area (Å²) in [5.41, 5.74) is 5.71. The molecule has 0 aromatic heterocycles. The van der Waals surface area contributed by atoms with Gasteiger partial charge in [0.05, 0.1) is 13.2 Å². The Morgan fingerprint density at radius 2 is 0.897 bits per heavy atom. The fraction of sp³-hybridized carbons (Fsp3) is 0.222. The summed E-state index contributed by atoms with van der Waals surface area (Å²) >= 11 is 0. The van der Waals surface area contributed by atoms with Gasteiger partial charge < -0.3 is 9.47 Å². The van der Waals surface area contributed by atoms with Crippen LogP contribution in [-0.4, -0.2) is 24.7 Å². The zero-order chi connectivity index (χ0) is 26.3. The molecular weight excluding hydrogens is 496 g/mol. The lowest BCUT2D eigenvalue weighted by atomic mass is 10.1. The van der Waals surface area contributed by atoms with E-state index in [9.17, 15) is 0 Å². The van der Waals surface area contributed by atoms with Gasteiger partial charge in [-0.05, 0) is 70.9 Å². The Morgan fingerprint density at radius 1 is 0.487 bits per heavy atom. The number of hydrogen-bond acceptors (Lipinski definition) is 2. The second-order valence-electron chi connectivity index (χ2n) is 10.3. The van der Waals surface area contributed by atoms with Crippen molar-refractivity contribution in [2.45, 2.75) is 23.3 Å². The van der Waals surface area contributed by atoms with Gasteiger partial charge in [-0.15, -0.1) is 0 Å². The van der Waals surface area contributed by atoms with Crippen molar-refractivity contribution in [2.75, 3.05) is 24.7 Å².